The lowest BCUT2D eigenvalue weighted by molar-refractivity contribution is 0.127. The van der Waals surface area contributed by atoms with Crippen molar-refractivity contribution in [3.05, 3.63) is 0 Å². The van der Waals surface area contributed by atoms with Crippen molar-refractivity contribution in [1.29, 1.82) is 0 Å². The Bertz CT molecular complexity index is 316. The van der Waals surface area contributed by atoms with Gasteiger partial charge in [0.15, 0.2) is 9.84 Å². The summed E-state index contributed by atoms with van der Waals surface area (Å²) in [4.78, 5) is 0. The summed E-state index contributed by atoms with van der Waals surface area (Å²) in [6, 6.07) is 0. The predicted molar refractivity (Wildman–Crippen MR) is 63.1 cm³/mol. The molecule has 2 rings (SSSR count). The summed E-state index contributed by atoms with van der Waals surface area (Å²) in [5.74, 6) is 0.562. The van der Waals surface area contributed by atoms with E-state index in [-0.39, 0.29) is 17.3 Å². The zero-order valence-corrected chi connectivity index (χ0v) is 11.1. The topological polar surface area (TPSA) is 43.4 Å². The van der Waals surface area contributed by atoms with Crippen LogP contribution in [0.2, 0.25) is 0 Å². The molecule has 0 N–H and O–H groups in total. The SMILES string of the molecule is O=S(=O)(CC1CCCO1)CC1(CBr)CC1. The molecule has 1 heterocycles. The van der Waals surface area contributed by atoms with Gasteiger partial charge in [0.2, 0.25) is 0 Å². The summed E-state index contributed by atoms with van der Waals surface area (Å²) in [6.07, 6.45) is 3.96. The van der Waals surface area contributed by atoms with E-state index in [0.717, 1.165) is 37.6 Å². The monoisotopic (exact) mass is 296 g/mol. The molecule has 3 nitrogen and oxygen atoms in total. The summed E-state index contributed by atoms with van der Waals surface area (Å²) in [7, 11) is -2.93. The molecular formula is C10H17BrO3S. The van der Waals surface area contributed by atoms with Crippen LogP contribution in [0.5, 0.6) is 0 Å². The zero-order chi connectivity index (χ0) is 10.9. The third kappa shape index (κ3) is 3.17. The normalized spacial score (nSPS) is 29.3. The Morgan fingerprint density at radius 3 is 2.60 bits per heavy atom. The van der Waals surface area contributed by atoms with Crippen LogP contribution in [0, 0.1) is 5.41 Å². The van der Waals surface area contributed by atoms with Crippen molar-refractivity contribution in [2.45, 2.75) is 31.8 Å². The molecular weight excluding hydrogens is 280 g/mol. The minimum atomic E-state index is -2.93. The van der Waals surface area contributed by atoms with Crippen molar-refractivity contribution in [2.24, 2.45) is 5.41 Å². The molecule has 1 unspecified atom stereocenters. The van der Waals surface area contributed by atoms with E-state index >= 15 is 0 Å². The van der Waals surface area contributed by atoms with Crippen molar-refractivity contribution in [2.75, 3.05) is 23.4 Å². The van der Waals surface area contributed by atoms with Gasteiger partial charge in [-0.2, -0.15) is 0 Å². The summed E-state index contributed by atoms with van der Waals surface area (Å²) < 4.78 is 29.2. The van der Waals surface area contributed by atoms with Gasteiger partial charge >= 0.3 is 0 Å². The van der Waals surface area contributed by atoms with Crippen molar-refractivity contribution in [3.63, 3.8) is 0 Å². The molecule has 88 valence electrons. The molecule has 2 aliphatic rings. The predicted octanol–water partition coefficient (Wildman–Crippen LogP) is 1.76. The first kappa shape index (κ1) is 11.9. The van der Waals surface area contributed by atoms with Gasteiger partial charge in [-0.05, 0) is 31.1 Å². The quantitative estimate of drug-likeness (QED) is 0.726. The minimum absolute atomic E-state index is 0.0406. The average molecular weight is 297 g/mol. The first-order chi connectivity index (χ1) is 7.05. The molecule has 1 saturated heterocycles. The van der Waals surface area contributed by atoms with Gasteiger partial charge in [0.1, 0.15) is 0 Å². The summed E-state index contributed by atoms with van der Waals surface area (Å²) in [5.41, 5.74) is 0.0530. The molecule has 0 bridgehead atoms. The van der Waals surface area contributed by atoms with Gasteiger partial charge in [0.25, 0.3) is 0 Å². The van der Waals surface area contributed by atoms with Gasteiger partial charge in [-0.25, -0.2) is 8.42 Å². The molecule has 0 radical (unpaired) electrons. The highest BCUT2D eigenvalue weighted by Gasteiger charge is 2.45. The molecule has 0 amide bonds. The second-order valence-electron chi connectivity index (χ2n) is 4.82. The lowest BCUT2D eigenvalue weighted by Crippen LogP contribution is -2.27. The number of ether oxygens (including phenoxy) is 1. The third-order valence-corrected chi connectivity index (χ3v) is 6.35. The molecule has 0 aromatic rings. The Morgan fingerprint density at radius 1 is 1.40 bits per heavy atom. The van der Waals surface area contributed by atoms with Crippen molar-refractivity contribution >= 4 is 25.8 Å². The number of hydrogen-bond acceptors (Lipinski definition) is 3. The standard InChI is InChI=1S/C10H17BrO3S/c11-7-10(3-4-10)8-15(12,13)6-9-2-1-5-14-9/h9H,1-8H2. The molecule has 1 atom stereocenters. The average Bonchev–Trinajstić information content (AvgIpc) is 2.72. The van der Waals surface area contributed by atoms with Gasteiger partial charge in [-0.15, -0.1) is 0 Å². The first-order valence-electron chi connectivity index (χ1n) is 5.43. The van der Waals surface area contributed by atoms with E-state index in [1.54, 1.807) is 0 Å². The van der Waals surface area contributed by atoms with Gasteiger partial charge in [-0.3, -0.25) is 0 Å². The van der Waals surface area contributed by atoms with Crippen LogP contribution in [-0.2, 0) is 14.6 Å². The molecule has 0 spiro atoms. The van der Waals surface area contributed by atoms with Gasteiger partial charge in [0.05, 0.1) is 17.6 Å². The molecule has 1 saturated carbocycles. The van der Waals surface area contributed by atoms with E-state index in [9.17, 15) is 8.42 Å². The summed E-state index contributed by atoms with van der Waals surface area (Å²) in [6.45, 7) is 0.726. The molecule has 1 aliphatic carbocycles. The largest absolute Gasteiger partial charge is 0.377 e. The smallest absolute Gasteiger partial charge is 0.153 e. The van der Waals surface area contributed by atoms with Gasteiger partial charge in [-0.1, -0.05) is 15.9 Å². The molecule has 5 heteroatoms. The zero-order valence-electron chi connectivity index (χ0n) is 8.75. The Balaban J connectivity index is 1.89. The maximum atomic E-state index is 11.9. The van der Waals surface area contributed by atoms with Crippen LogP contribution >= 0.6 is 15.9 Å². The van der Waals surface area contributed by atoms with E-state index in [0.29, 0.717) is 5.75 Å². The highest BCUT2D eigenvalue weighted by molar-refractivity contribution is 9.09. The molecule has 1 aliphatic heterocycles. The minimum Gasteiger partial charge on any atom is -0.377 e. The van der Waals surface area contributed by atoms with E-state index in [2.05, 4.69) is 15.9 Å². The Labute approximate surface area is 99.6 Å². The van der Waals surface area contributed by atoms with Crippen LogP contribution in [0.25, 0.3) is 0 Å². The number of rotatable bonds is 5. The van der Waals surface area contributed by atoms with Gasteiger partial charge in [0, 0.05) is 11.9 Å². The summed E-state index contributed by atoms with van der Waals surface area (Å²) in [5, 5.41) is 0.810. The lowest BCUT2D eigenvalue weighted by Gasteiger charge is -2.14. The fraction of sp³-hybridized carbons (Fsp3) is 1.00. The van der Waals surface area contributed by atoms with E-state index < -0.39 is 9.84 Å². The van der Waals surface area contributed by atoms with Crippen molar-refractivity contribution < 1.29 is 13.2 Å². The Morgan fingerprint density at radius 2 is 2.13 bits per heavy atom. The van der Waals surface area contributed by atoms with Crippen LogP contribution in [0.15, 0.2) is 0 Å². The Kier molecular flexibility index (Phi) is 3.43. The van der Waals surface area contributed by atoms with E-state index in [4.69, 9.17) is 4.74 Å². The first-order valence-corrected chi connectivity index (χ1v) is 8.38. The molecule has 15 heavy (non-hydrogen) atoms. The fourth-order valence-corrected chi connectivity index (χ4v) is 5.37. The maximum absolute atomic E-state index is 11.9. The number of alkyl halides is 1. The second-order valence-corrected chi connectivity index (χ2v) is 7.49. The molecule has 0 aromatic carbocycles. The van der Waals surface area contributed by atoms with Crippen LogP contribution in [0.3, 0.4) is 0 Å². The van der Waals surface area contributed by atoms with Gasteiger partial charge < -0.3 is 4.74 Å². The number of halogens is 1. The van der Waals surface area contributed by atoms with E-state index in [1.165, 1.54) is 0 Å². The van der Waals surface area contributed by atoms with Crippen LogP contribution in [0.1, 0.15) is 25.7 Å². The molecule has 0 aromatic heterocycles. The summed E-state index contributed by atoms with van der Waals surface area (Å²) >= 11 is 3.40. The number of hydrogen-bond donors (Lipinski definition) is 0. The molecule has 2 fully saturated rings. The van der Waals surface area contributed by atoms with Crippen LogP contribution < -0.4 is 0 Å². The van der Waals surface area contributed by atoms with Crippen LogP contribution in [0.4, 0.5) is 0 Å². The van der Waals surface area contributed by atoms with Crippen LogP contribution in [-0.4, -0.2) is 38.0 Å². The maximum Gasteiger partial charge on any atom is 0.153 e. The Hall–Kier alpha value is 0.390. The van der Waals surface area contributed by atoms with Crippen molar-refractivity contribution in [3.8, 4) is 0 Å². The second kappa shape index (κ2) is 4.34. The highest BCUT2D eigenvalue weighted by atomic mass is 79.9. The number of sulfone groups is 1. The highest BCUT2D eigenvalue weighted by Crippen LogP contribution is 2.48. The van der Waals surface area contributed by atoms with E-state index in [1.807, 2.05) is 0 Å². The lowest BCUT2D eigenvalue weighted by atomic mass is 10.2. The van der Waals surface area contributed by atoms with Crippen molar-refractivity contribution in [1.82, 2.24) is 0 Å². The third-order valence-electron chi connectivity index (χ3n) is 3.23. The fourth-order valence-electron chi connectivity index (χ4n) is 2.08.